The van der Waals surface area contributed by atoms with Crippen LogP contribution in [0.5, 0.6) is 0 Å². The molecule has 1 aromatic heterocycles. The Labute approximate surface area is 115 Å². The fraction of sp³-hybridized carbons (Fsp3) is 0.200. The Morgan fingerprint density at radius 2 is 2.05 bits per heavy atom. The van der Waals surface area contributed by atoms with Crippen LogP contribution in [0.2, 0.25) is 0 Å². The predicted octanol–water partition coefficient (Wildman–Crippen LogP) is 1.57. The van der Waals surface area contributed by atoms with Crippen molar-refractivity contribution < 1.29 is 14.4 Å². The number of benzene rings is 1. The van der Waals surface area contributed by atoms with E-state index in [-0.39, 0.29) is 17.7 Å². The summed E-state index contributed by atoms with van der Waals surface area (Å²) in [5, 5.41) is 4.10. The summed E-state index contributed by atoms with van der Waals surface area (Å²) in [6.07, 6.45) is 3.25. The average Bonchev–Trinajstić information content (AvgIpc) is 2.46. The molecule has 0 aliphatic carbocycles. The minimum atomic E-state index is -0.386. The zero-order chi connectivity index (χ0) is 14.1. The van der Waals surface area contributed by atoms with E-state index in [4.69, 9.17) is 0 Å². The number of carbonyl (C=O) groups excluding carboxylic acids is 3. The van der Waals surface area contributed by atoms with E-state index in [1.54, 1.807) is 18.3 Å². The zero-order valence-electron chi connectivity index (χ0n) is 10.6. The highest BCUT2D eigenvalue weighted by atomic mass is 16.2. The lowest BCUT2D eigenvalue weighted by molar-refractivity contribution is -0.134. The first-order chi connectivity index (χ1) is 9.67. The predicted molar refractivity (Wildman–Crippen MR) is 72.3 cm³/mol. The summed E-state index contributed by atoms with van der Waals surface area (Å²) in [5.74, 6) is -0.914. The van der Waals surface area contributed by atoms with Crippen molar-refractivity contribution in [3.05, 3.63) is 41.7 Å². The van der Waals surface area contributed by atoms with Crippen LogP contribution in [0, 0.1) is 0 Å². The van der Waals surface area contributed by atoms with Crippen LogP contribution >= 0.6 is 0 Å². The maximum Gasteiger partial charge on any atom is 0.235 e. The van der Waals surface area contributed by atoms with Crippen molar-refractivity contribution >= 4 is 28.9 Å². The molecule has 0 bridgehead atoms. The number of nitrogens with zero attached hydrogens (tertiary/aromatic N) is 1. The van der Waals surface area contributed by atoms with Gasteiger partial charge in [0.25, 0.3) is 0 Å². The summed E-state index contributed by atoms with van der Waals surface area (Å²) in [5.41, 5.74) is 1.24. The van der Waals surface area contributed by atoms with Crippen LogP contribution in [0.1, 0.15) is 34.8 Å². The molecule has 2 heterocycles. The van der Waals surface area contributed by atoms with E-state index in [0.717, 1.165) is 17.1 Å². The molecule has 3 rings (SSSR count). The number of piperidine rings is 1. The number of carbonyl (C=O) groups is 3. The lowest BCUT2D eigenvalue weighted by Gasteiger charge is -2.20. The maximum atomic E-state index is 11.8. The van der Waals surface area contributed by atoms with Crippen molar-refractivity contribution in [3.63, 3.8) is 0 Å². The lowest BCUT2D eigenvalue weighted by Crippen LogP contribution is -2.39. The van der Waals surface area contributed by atoms with Crippen molar-refractivity contribution in [1.82, 2.24) is 10.3 Å². The second-order valence-electron chi connectivity index (χ2n) is 4.84. The van der Waals surface area contributed by atoms with E-state index >= 15 is 0 Å². The third kappa shape index (κ3) is 2.18. The molecular formula is C15H12N2O3. The van der Waals surface area contributed by atoms with Gasteiger partial charge in [0.1, 0.15) is 6.29 Å². The molecule has 0 radical (unpaired) electrons. The molecule has 1 fully saturated rings. The summed E-state index contributed by atoms with van der Waals surface area (Å²) in [4.78, 5) is 38.0. The minimum absolute atomic E-state index is 0.234. The summed E-state index contributed by atoms with van der Waals surface area (Å²) in [7, 11) is 0. The molecule has 1 aliphatic heterocycles. The van der Waals surface area contributed by atoms with E-state index in [2.05, 4.69) is 10.3 Å². The zero-order valence-corrected chi connectivity index (χ0v) is 10.6. The monoisotopic (exact) mass is 268 g/mol. The largest absolute Gasteiger partial charge is 0.298 e. The van der Waals surface area contributed by atoms with Crippen molar-refractivity contribution in [1.29, 1.82) is 0 Å². The standard InChI is InChI=1S/C15H12N2O3/c18-8-9-1-2-10-6-13(16-7-11(10)5-9)12-3-4-14(19)17-15(12)20/h1-2,5-8,12H,3-4H2,(H,17,19,20). The van der Waals surface area contributed by atoms with Crippen molar-refractivity contribution in [2.24, 2.45) is 0 Å². The Hall–Kier alpha value is -2.56. The highest BCUT2D eigenvalue weighted by Gasteiger charge is 2.28. The Bertz CT molecular complexity index is 724. The molecule has 5 nitrogen and oxygen atoms in total. The maximum absolute atomic E-state index is 11.8. The van der Waals surface area contributed by atoms with Crippen LogP contribution in [-0.2, 0) is 9.59 Å². The van der Waals surface area contributed by atoms with Crippen LogP contribution in [0.15, 0.2) is 30.5 Å². The van der Waals surface area contributed by atoms with Gasteiger partial charge in [-0.2, -0.15) is 0 Å². The van der Waals surface area contributed by atoms with Crippen LogP contribution in [0.25, 0.3) is 10.8 Å². The van der Waals surface area contributed by atoms with E-state index in [1.165, 1.54) is 0 Å². The Kier molecular flexibility index (Phi) is 3.02. The number of amides is 2. The van der Waals surface area contributed by atoms with Gasteiger partial charge in [-0.15, -0.1) is 0 Å². The molecule has 1 aromatic carbocycles. The molecule has 1 saturated heterocycles. The number of hydrogen-bond acceptors (Lipinski definition) is 4. The summed E-state index contributed by atoms with van der Waals surface area (Å²) in [6, 6.07) is 7.15. The highest BCUT2D eigenvalue weighted by molar-refractivity contribution is 6.01. The number of aromatic nitrogens is 1. The van der Waals surface area contributed by atoms with Gasteiger partial charge in [-0.1, -0.05) is 12.1 Å². The van der Waals surface area contributed by atoms with Crippen molar-refractivity contribution in [2.75, 3.05) is 0 Å². The molecular weight excluding hydrogens is 256 g/mol. The van der Waals surface area contributed by atoms with Gasteiger partial charge in [-0.3, -0.25) is 24.7 Å². The molecule has 0 saturated carbocycles. The third-order valence-electron chi connectivity index (χ3n) is 3.50. The van der Waals surface area contributed by atoms with Gasteiger partial charge in [0.15, 0.2) is 0 Å². The molecule has 2 amide bonds. The van der Waals surface area contributed by atoms with Crippen molar-refractivity contribution in [2.45, 2.75) is 18.8 Å². The van der Waals surface area contributed by atoms with Gasteiger partial charge in [-0.25, -0.2) is 0 Å². The first-order valence-corrected chi connectivity index (χ1v) is 6.36. The topological polar surface area (TPSA) is 76.1 Å². The number of fused-ring (bicyclic) bond motifs is 1. The van der Waals surface area contributed by atoms with Gasteiger partial charge in [0.05, 0.1) is 11.6 Å². The molecule has 1 unspecified atom stereocenters. The average molecular weight is 268 g/mol. The Morgan fingerprint density at radius 1 is 1.20 bits per heavy atom. The quantitative estimate of drug-likeness (QED) is 0.662. The molecule has 0 spiro atoms. The number of nitrogens with one attached hydrogen (secondary N) is 1. The molecule has 2 aromatic rings. The normalized spacial score (nSPS) is 18.9. The summed E-state index contributed by atoms with van der Waals surface area (Å²) in [6.45, 7) is 0. The van der Waals surface area contributed by atoms with Crippen LogP contribution in [-0.4, -0.2) is 23.1 Å². The first-order valence-electron chi connectivity index (χ1n) is 6.36. The van der Waals surface area contributed by atoms with Gasteiger partial charge in [0, 0.05) is 23.6 Å². The second-order valence-corrected chi connectivity index (χ2v) is 4.84. The number of hydrogen-bond donors (Lipinski definition) is 1. The van der Waals surface area contributed by atoms with Gasteiger partial charge >= 0.3 is 0 Å². The molecule has 1 atom stereocenters. The van der Waals surface area contributed by atoms with E-state index in [9.17, 15) is 14.4 Å². The number of aldehydes is 1. The smallest absolute Gasteiger partial charge is 0.235 e. The van der Waals surface area contributed by atoms with Crippen LogP contribution in [0.3, 0.4) is 0 Å². The van der Waals surface area contributed by atoms with Gasteiger partial charge < -0.3 is 0 Å². The van der Waals surface area contributed by atoms with E-state index in [1.807, 2.05) is 12.1 Å². The lowest BCUT2D eigenvalue weighted by atomic mass is 9.93. The number of rotatable bonds is 2. The number of pyridine rings is 1. The van der Waals surface area contributed by atoms with Gasteiger partial charge in [0.2, 0.25) is 11.8 Å². The van der Waals surface area contributed by atoms with Crippen LogP contribution < -0.4 is 5.32 Å². The van der Waals surface area contributed by atoms with Gasteiger partial charge in [-0.05, 0) is 23.9 Å². The minimum Gasteiger partial charge on any atom is -0.298 e. The van der Waals surface area contributed by atoms with Crippen LogP contribution in [0.4, 0.5) is 0 Å². The third-order valence-corrected chi connectivity index (χ3v) is 3.50. The summed E-state index contributed by atoms with van der Waals surface area (Å²) >= 11 is 0. The fourth-order valence-corrected chi connectivity index (χ4v) is 2.42. The molecule has 1 N–H and O–H groups in total. The Morgan fingerprint density at radius 3 is 2.80 bits per heavy atom. The van der Waals surface area contributed by atoms with Crippen molar-refractivity contribution in [3.8, 4) is 0 Å². The SMILES string of the molecule is O=Cc1ccc2cc(C3CCC(=O)NC3=O)ncc2c1. The molecule has 100 valence electrons. The first kappa shape index (κ1) is 12.5. The molecule has 1 aliphatic rings. The molecule has 5 heteroatoms. The number of imide groups is 1. The second kappa shape index (κ2) is 4.85. The fourth-order valence-electron chi connectivity index (χ4n) is 2.42. The Balaban J connectivity index is 1.98. The van der Waals surface area contributed by atoms with E-state index < -0.39 is 0 Å². The highest BCUT2D eigenvalue weighted by Crippen LogP contribution is 2.26. The summed E-state index contributed by atoms with van der Waals surface area (Å²) < 4.78 is 0. The molecule has 20 heavy (non-hydrogen) atoms. The van der Waals surface area contributed by atoms with E-state index in [0.29, 0.717) is 24.1 Å².